The summed E-state index contributed by atoms with van der Waals surface area (Å²) >= 11 is 1.86. The lowest BCUT2D eigenvalue weighted by Crippen LogP contribution is -2.22. The molecule has 1 unspecified atom stereocenters. The molecule has 0 spiro atoms. The molecule has 0 saturated carbocycles. The quantitative estimate of drug-likeness (QED) is 0.727. The summed E-state index contributed by atoms with van der Waals surface area (Å²) in [5.41, 5.74) is 6.09. The van der Waals surface area contributed by atoms with Crippen LogP contribution in [0.1, 0.15) is 33.1 Å². The lowest BCUT2D eigenvalue weighted by molar-refractivity contribution is 0.513. The highest BCUT2D eigenvalue weighted by molar-refractivity contribution is 7.99. The predicted molar refractivity (Wildman–Crippen MR) is 73.8 cm³/mol. The van der Waals surface area contributed by atoms with Crippen molar-refractivity contribution in [2.24, 2.45) is 11.7 Å². The summed E-state index contributed by atoms with van der Waals surface area (Å²) in [5.74, 6) is 1.83. The molecule has 1 rings (SSSR count). The molecule has 1 aromatic carbocycles. The molecule has 0 aliphatic carbocycles. The standard InChI is InChI=1S/C14H23NS/c1-12(2)7-6-8-13(15)11-16-14-9-4-3-5-10-14/h3-5,9-10,12-13H,6-8,11,15H2,1-2H3. The lowest BCUT2D eigenvalue weighted by Gasteiger charge is -2.11. The van der Waals surface area contributed by atoms with Gasteiger partial charge in [-0.05, 0) is 24.5 Å². The van der Waals surface area contributed by atoms with E-state index < -0.39 is 0 Å². The SMILES string of the molecule is CC(C)CCCC(N)CSc1ccccc1. The van der Waals surface area contributed by atoms with E-state index in [0.29, 0.717) is 6.04 Å². The van der Waals surface area contributed by atoms with Crippen molar-refractivity contribution in [3.63, 3.8) is 0 Å². The van der Waals surface area contributed by atoms with Crippen LogP contribution in [0.25, 0.3) is 0 Å². The number of hydrogen-bond donors (Lipinski definition) is 1. The summed E-state index contributed by atoms with van der Waals surface area (Å²) in [4.78, 5) is 1.32. The molecule has 0 fully saturated rings. The van der Waals surface area contributed by atoms with Crippen molar-refractivity contribution < 1.29 is 0 Å². The minimum atomic E-state index is 0.337. The van der Waals surface area contributed by atoms with Crippen molar-refractivity contribution in [2.45, 2.75) is 44.0 Å². The van der Waals surface area contributed by atoms with Gasteiger partial charge in [0, 0.05) is 16.7 Å². The fourth-order valence-corrected chi connectivity index (χ4v) is 2.51. The van der Waals surface area contributed by atoms with Crippen LogP contribution in [-0.4, -0.2) is 11.8 Å². The first-order valence-corrected chi connectivity index (χ1v) is 7.10. The molecular formula is C14H23NS. The Kier molecular flexibility index (Phi) is 6.58. The Morgan fingerprint density at radius 1 is 1.12 bits per heavy atom. The number of nitrogens with two attached hydrogens (primary N) is 1. The Hall–Kier alpha value is -0.470. The highest BCUT2D eigenvalue weighted by Gasteiger charge is 2.04. The zero-order chi connectivity index (χ0) is 11.8. The molecule has 1 nitrogen and oxygen atoms in total. The van der Waals surface area contributed by atoms with Gasteiger partial charge in [-0.3, -0.25) is 0 Å². The maximum absolute atomic E-state index is 6.09. The molecule has 0 aliphatic rings. The average molecular weight is 237 g/mol. The number of hydrogen-bond acceptors (Lipinski definition) is 2. The van der Waals surface area contributed by atoms with Crippen LogP contribution in [0.4, 0.5) is 0 Å². The maximum Gasteiger partial charge on any atom is 0.0133 e. The highest BCUT2D eigenvalue weighted by Crippen LogP contribution is 2.19. The normalized spacial score (nSPS) is 13.0. The van der Waals surface area contributed by atoms with Gasteiger partial charge in [-0.15, -0.1) is 11.8 Å². The lowest BCUT2D eigenvalue weighted by atomic mass is 10.0. The second-order valence-electron chi connectivity index (χ2n) is 4.71. The van der Waals surface area contributed by atoms with E-state index in [0.717, 1.165) is 18.1 Å². The molecule has 2 N–H and O–H groups in total. The van der Waals surface area contributed by atoms with Gasteiger partial charge in [0.25, 0.3) is 0 Å². The van der Waals surface area contributed by atoms with E-state index in [1.807, 2.05) is 17.8 Å². The van der Waals surface area contributed by atoms with Crippen LogP contribution in [0, 0.1) is 5.92 Å². The molecule has 0 bridgehead atoms. The van der Waals surface area contributed by atoms with Crippen LogP contribution < -0.4 is 5.73 Å². The minimum absolute atomic E-state index is 0.337. The Bertz CT molecular complexity index is 271. The van der Waals surface area contributed by atoms with E-state index in [1.54, 1.807) is 0 Å². The van der Waals surface area contributed by atoms with E-state index in [9.17, 15) is 0 Å². The molecule has 90 valence electrons. The Labute approximate surface area is 104 Å². The summed E-state index contributed by atoms with van der Waals surface area (Å²) in [7, 11) is 0. The molecule has 0 saturated heterocycles. The number of thioether (sulfide) groups is 1. The summed E-state index contributed by atoms with van der Waals surface area (Å²) < 4.78 is 0. The molecule has 0 amide bonds. The van der Waals surface area contributed by atoms with Gasteiger partial charge in [0.05, 0.1) is 0 Å². The summed E-state index contributed by atoms with van der Waals surface area (Å²) in [6, 6.07) is 10.8. The van der Waals surface area contributed by atoms with Crippen LogP contribution in [0.3, 0.4) is 0 Å². The zero-order valence-electron chi connectivity index (χ0n) is 10.4. The van der Waals surface area contributed by atoms with Crippen molar-refractivity contribution in [3.8, 4) is 0 Å². The third kappa shape index (κ3) is 6.19. The van der Waals surface area contributed by atoms with Crippen molar-refractivity contribution in [1.82, 2.24) is 0 Å². The van der Waals surface area contributed by atoms with Gasteiger partial charge in [0.2, 0.25) is 0 Å². The van der Waals surface area contributed by atoms with Crippen LogP contribution in [0.15, 0.2) is 35.2 Å². The summed E-state index contributed by atoms with van der Waals surface area (Å²) in [6.45, 7) is 4.54. The van der Waals surface area contributed by atoms with E-state index in [2.05, 4.69) is 38.1 Å². The van der Waals surface area contributed by atoms with E-state index in [4.69, 9.17) is 5.73 Å². The zero-order valence-corrected chi connectivity index (χ0v) is 11.2. The van der Waals surface area contributed by atoms with Gasteiger partial charge < -0.3 is 5.73 Å². The van der Waals surface area contributed by atoms with Crippen molar-refractivity contribution in [1.29, 1.82) is 0 Å². The van der Waals surface area contributed by atoms with Crippen molar-refractivity contribution in [3.05, 3.63) is 30.3 Å². The second-order valence-corrected chi connectivity index (χ2v) is 5.80. The van der Waals surface area contributed by atoms with Crippen LogP contribution in [0.5, 0.6) is 0 Å². The fraction of sp³-hybridized carbons (Fsp3) is 0.571. The van der Waals surface area contributed by atoms with E-state index >= 15 is 0 Å². The highest BCUT2D eigenvalue weighted by atomic mass is 32.2. The first kappa shape index (κ1) is 13.6. The molecular weight excluding hydrogens is 214 g/mol. The molecule has 0 aromatic heterocycles. The first-order chi connectivity index (χ1) is 7.68. The molecule has 0 heterocycles. The fourth-order valence-electron chi connectivity index (χ4n) is 1.59. The summed E-state index contributed by atoms with van der Waals surface area (Å²) in [5, 5.41) is 0. The predicted octanol–water partition coefficient (Wildman–Crippen LogP) is 3.93. The van der Waals surface area contributed by atoms with Gasteiger partial charge in [-0.2, -0.15) is 0 Å². The smallest absolute Gasteiger partial charge is 0.0133 e. The maximum atomic E-state index is 6.09. The monoisotopic (exact) mass is 237 g/mol. The summed E-state index contributed by atoms with van der Waals surface area (Å²) in [6.07, 6.45) is 3.70. The van der Waals surface area contributed by atoms with Crippen molar-refractivity contribution in [2.75, 3.05) is 5.75 Å². The first-order valence-electron chi connectivity index (χ1n) is 6.12. The van der Waals surface area contributed by atoms with Gasteiger partial charge in [-0.1, -0.05) is 44.9 Å². The topological polar surface area (TPSA) is 26.0 Å². The number of benzene rings is 1. The molecule has 0 aliphatic heterocycles. The number of rotatable bonds is 7. The largest absolute Gasteiger partial charge is 0.327 e. The van der Waals surface area contributed by atoms with E-state index in [-0.39, 0.29) is 0 Å². The van der Waals surface area contributed by atoms with Crippen LogP contribution in [0.2, 0.25) is 0 Å². The Morgan fingerprint density at radius 2 is 1.81 bits per heavy atom. The van der Waals surface area contributed by atoms with Gasteiger partial charge in [0.15, 0.2) is 0 Å². The molecule has 2 heteroatoms. The second kappa shape index (κ2) is 7.75. The minimum Gasteiger partial charge on any atom is -0.327 e. The Balaban J connectivity index is 2.13. The molecule has 1 atom stereocenters. The van der Waals surface area contributed by atoms with E-state index in [1.165, 1.54) is 17.7 Å². The van der Waals surface area contributed by atoms with Gasteiger partial charge in [0.1, 0.15) is 0 Å². The third-order valence-corrected chi connectivity index (χ3v) is 3.76. The average Bonchev–Trinajstić information content (AvgIpc) is 2.27. The molecule has 0 radical (unpaired) electrons. The molecule has 16 heavy (non-hydrogen) atoms. The van der Waals surface area contributed by atoms with Crippen LogP contribution >= 0.6 is 11.8 Å². The third-order valence-electron chi connectivity index (χ3n) is 2.56. The Morgan fingerprint density at radius 3 is 2.44 bits per heavy atom. The van der Waals surface area contributed by atoms with Crippen molar-refractivity contribution >= 4 is 11.8 Å². The van der Waals surface area contributed by atoms with Gasteiger partial charge >= 0.3 is 0 Å². The van der Waals surface area contributed by atoms with Crippen LogP contribution in [-0.2, 0) is 0 Å². The molecule has 1 aromatic rings. The van der Waals surface area contributed by atoms with Gasteiger partial charge in [-0.25, -0.2) is 0 Å².